The van der Waals surface area contributed by atoms with E-state index in [1.54, 1.807) is 18.8 Å². The highest BCUT2D eigenvalue weighted by Crippen LogP contribution is 2.33. The van der Waals surface area contributed by atoms with Crippen LogP contribution >= 0.6 is 23.4 Å². The van der Waals surface area contributed by atoms with Gasteiger partial charge < -0.3 is 20.0 Å². The first-order chi connectivity index (χ1) is 15.8. The summed E-state index contributed by atoms with van der Waals surface area (Å²) in [5.74, 6) is -0.123. The Morgan fingerprint density at radius 1 is 1.09 bits per heavy atom. The average molecular weight is 487 g/mol. The second kappa shape index (κ2) is 10.3. The highest BCUT2D eigenvalue weighted by molar-refractivity contribution is 8.03. The third-order valence-electron chi connectivity index (χ3n) is 6.07. The van der Waals surface area contributed by atoms with Crippen LogP contribution < -0.4 is 0 Å². The maximum absolute atomic E-state index is 12.7. The Kier molecular flexibility index (Phi) is 7.44. The summed E-state index contributed by atoms with van der Waals surface area (Å²) in [6, 6.07) is 15.4. The number of halogens is 1. The van der Waals surface area contributed by atoms with Crippen molar-refractivity contribution >= 4 is 35.2 Å². The van der Waals surface area contributed by atoms with Gasteiger partial charge in [-0.3, -0.25) is 9.59 Å². The van der Waals surface area contributed by atoms with Crippen LogP contribution in [0.4, 0.5) is 0 Å². The van der Waals surface area contributed by atoms with Crippen molar-refractivity contribution < 1.29 is 19.8 Å². The first-order valence-electron chi connectivity index (χ1n) is 10.9. The maximum atomic E-state index is 12.7. The number of hydrogen-bond acceptors (Lipinski definition) is 5. The number of carbonyl (C=O) groups is 2. The summed E-state index contributed by atoms with van der Waals surface area (Å²) >= 11 is 7.93. The fraction of sp³-hybridized carbons (Fsp3) is 0.360. The molecule has 0 aromatic heterocycles. The molecule has 2 amide bonds. The normalized spacial score (nSPS) is 19.1. The van der Waals surface area contributed by atoms with Crippen molar-refractivity contribution in [2.75, 3.05) is 19.3 Å². The summed E-state index contributed by atoms with van der Waals surface area (Å²) in [5, 5.41) is 21.6. The SMILES string of the molecule is CN(CC1=CC(Cc2ccccc2Cl)CS1)C(=O)[C@H](O)[C@@H](O)C(=O)N1Cc2ccccc2C1. The summed E-state index contributed by atoms with van der Waals surface area (Å²) in [7, 11) is 1.57. The van der Waals surface area contributed by atoms with Gasteiger partial charge in [0.2, 0.25) is 0 Å². The number of fused-ring (bicyclic) bond motifs is 1. The molecule has 0 bridgehead atoms. The minimum atomic E-state index is -1.81. The third kappa shape index (κ3) is 5.44. The molecule has 1 unspecified atom stereocenters. The van der Waals surface area contributed by atoms with E-state index in [9.17, 15) is 19.8 Å². The molecule has 2 aliphatic heterocycles. The van der Waals surface area contributed by atoms with Gasteiger partial charge in [0, 0.05) is 35.8 Å². The van der Waals surface area contributed by atoms with Gasteiger partial charge in [-0.1, -0.05) is 60.1 Å². The Labute approximate surface area is 202 Å². The zero-order valence-corrected chi connectivity index (χ0v) is 19.9. The van der Waals surface area contributed by atoms with Crippen molar-refractivity contribution in [3.8, 4) is 0 Å². The third-order valence-corrected chi connectivity index (χ3v) is 7.67. The molecular formula is C25H27ClN2O4S. The maximum Gasteiger partial charge on any atom is 0.255 e. The van der Waals surface area contributed by atoms with Gasteiger partial charge in [-0.25, -0.2) is 0 Å². The van der Waals surface area contributed by atoms with Gasteiger partial charge in [0.1, 0.15) is 0 Å². The molecule has 2 aliphatic rings. The number of aliphatic hydroxyl groups is 2. The molecule has 2 heterocycles. The van der Waals surface area contributed by atoms with Crippen LogP contribution in [0.25, 0.3) is 0 Å². The zero-order valence-electron chi connectivity index (χ0n) is 18.4. The average Bonchev–Trinajstić information content (AvgIpc) is 3.45. The Bertz CT molecular complexity index is 1050. The standard InChI is InChI=1S/C25H27ClN2O4S/c1-27(14-20-11-16(15-33-20)10-17-6-4-5-9-21(17)26)24(31)22(29)23(30)25(32)28-12-18-7-2-3-8-19(18)13-28/h2-9,11,16,22-23,29-30H,10,12-15H2,1H3/t16?,22-,23-/m1/s1. The number of aliphatic hydroxyl groups excluding tert-OH is 2. The topological polar surface area (TPSA) is 81.1 Å². The quantitative estimate of drug-likeness (QED) is 0.629. The van der Waals surface area contributed by atoms with Crippen LogP contribution in [0, 0.1) is 5.92 Å². The Morgan fingerprint density at radius 3 is 2.39 bits per heavy atom. The highest BCUT2D eigenvalue weighted by Gasteiger charge is 2.37. The predicted molar refractivity (Wildman–Crippen MR) is 130 cm³/mol. The van der Waals surface area contributed by atoms with E-state index in [2.05, 4.69) is 6.08 Å². The smallest absolute Gasteiger partial charge is 0.255 e. The molecule has 0 spiro atoms. The lowest BCUT2D eigenvalue weighted by Crippen LogP contribution is -2.50. The Morgan fingerprint density at radius 2 is 1.73 bits per heavy atom. The van der Waals surface area contributed by atoms with Crippen molar-refractivity contribution in [1.82, 2.24) is 9.80 Å². The number of hydrogen-bond donors (Lipinski definition) is 2. The highest BCUT2D eigenvalue weighted by atomic mass is 35.5. The van der Waals surface area contributed by atoms with Crippen molar-refractivity contribution in [2.24, 2.45) is 5.92 Å². The van der Waals surface area contributed by atoms with Gasteiger partial charge in [-0.15, -0.1) is 11.8 Å². The summed E-state index contributed by atoms with van der Waals surface area (Å²) in [6.07, 6.45) is -0.653. The van der Waals surface area contributed by atoms with Crippen LogP contribution in [0.2, 0.25) is 5.02 Å². The predicted octanol–water partition coefficient (Wildman–Crippen LogP) is 2.85. The van der Waals surface area contributed by atoms with Crippen LogP contribution in [0.5, 0.6) is 0 Å². The molecule has 3 atom stereocenters. The first kappa shape index (κ1) is 23.8. The minimum Gasteiger partial charge on any atom is -0.380 e. The van der Waals surface area contributed by atoms with E-state index in [1.807, 2.05) is 48.5 Å². The molecule has 0 saturated heterocycles. The van der Waals surface area contributed by atoms with Crippen LogP contribution in [-0.4, -0.2) is 63.4 Å². The van der Waals surface area contributed by atoms with Gasteiger partial charge in [0.05, 0.1) is 6.54 Å². The molecule has 33 heavy (non-hydrogen) atoms. The van der Waals surface area contributed by atoms with E-state index < -0.39 is 24.0 Å². The number of nitrogens with zero attached hydrogens (tertiary/aromatic N) is 2. The van der Waals surface area contributed by atoms with E-state index in [4.69, 9.17) is 11.6 Å². The lowest BCUT2D eigenvalue weighted by molar-refractivity contribution is -0.157. The molecule has 0 radical (unpaired) electrons. The Balaban J connectivity index is 1.31. The van der Waals surface area contributed by atoms with Gasteiger partial charge in [-0.05, 0) is 35.1 Å². The molecule has 174 valence electrons. The number of thioether (sulfide) groups is 1. The molecule has 0 aliphatic carbocycles. The fourth-order valence-electron chi connectivity index (χ4n) is 4.22. The number of carbonyl (C=O) groups excluding carboxylic acids is 2. The number of rotatable bonds is 7. The monoisotopic (exact) mass is 486 g/mol. The van der Waals surface area contributed by atoms with Crippen LogP contribution in [-0.2, 0) is 29.1 Å². The molecule has 0 fully saturated rings. The molecule has 6 nitrogen and oxygen atoms in total. The van der Waals surface area contributed by atoms with Crippen molar-refractivity contribution in [3.63, 3.8) is 0 Å². The largest absolute Gasteiger partial charge is 0.380 e. The van der Waals surface area contributed by atoms with Crippen LogP contribution in [0.3, 0.4) is 0 Å². The van der Waals surface area contributed by atoms with E-state index in [0.717, 1.165) is 38.8 Å². The lowest BCUT2D eigenvalue weighted by atomic mass is 10.0. The number of likely N-dealkylation sites (N-methyl/N-ethyl adjacent to an activating group) is 1. The number of allylic oxidation sites excluding steroid dienone is 1. The van der Waals surface area contributed by atoms with Crippen molar-refractivity contribution in [1.29, 1.82) is 0 Å². The second-order valence-corrected chi connectivity index (χ2v) is 10.1. The molecular weight excluding hydrogens is 460 g/mol. The first-order valence-corrected chi connectivity index (χ1v) is 12.2. The van der Waals surface area contributed by atoms with E-state index in [1.165, 1.54) is 9.80 Å². The number of amides is 2. The molecule has 2 N–H and O–H groups in total. The van der Waals surface area contributed by atoms with Gasteiger partial charge >= 0.3 is 0 Å². The summed E-state index contributed by atoms with van der Waals surface area (Å²) in [4.78, 5) is 29.2. The summed E-state index contributed by atoms with van der Waals surface area (Å²) < 4.78 is 0. The summed E-state index contributed by atoms with van der Waals surface area (Å²) in [6.45, 7) is 1.04. The van der Waals surface area contributed by atoms with Gasteiger partial charge in [0.15, 0.2) is 12.2 Å². The summed E-state index contributed by atoms with van der Waals surface area (Å²) in [5.41, 5.74) is 3.10. The Hall–Kier alpha value is -2.32. The molecule has 8 heteroatoms. The van der Waals surface area contributed by atoms with Crippen LogP contribution in [0.1, 0.15) is 16.7 Å². The zero-order chi connectivity index (χ0) is 23.5. The molecule has 2 aromatic rings. The van der Waals surface area contributed by atoms with Crippen molar-refractivity contribution in [3.05, 3.63) is 81.2 Å². The van der Waals surface area contributed by atoms with Crippen molar-refractivity contribution in [2.45, 2.75) is 31.7 Å². The molecule has 4 rings (SSSR count). The van der Waals surface area contributed by atoms with E-state index in [0.29, 0.717) is 25.6 Å². The second-order valence-electron chi connectivity index (χ2n) is 8.55. The van der Waals surface area contributed by atoms with E-state index in [-0.39, 0.29) is 0 Å². The lowest BCUT2D eigenvalue weighted by Gasteiger charge is -2.26. The van der Waals surface area contributed by atoms with Gasteiger partial charge in [0.25, 0.3) is 11.8 Å². The van der Waals surface area contributed by atoms with Crippen LogP contribution in [0.15, 0.2) is 59.5 Å². The fourth-order valence-corrected chi connectivity index (χ4v) is 5.65. The molecule has 2 aromatic carbocycles. The minimum absolute atomic E-state index is 0.308. The molecule has 0 saturated carbocycles. The van der Waals surface area contributed by atoms with E-state index >= 15 is 0 Å². The number of benzene rings is 2. The van der Waals surface area contributed by atoms with Gasteiger partial charge in [-0.2, -0.15) is 0 Å².